The van der Waals surface area contributed by atoms with Gasteiger partial charge in [-0.05, 0) is 18.2 Å². The number of halogens is 1. The van der Waals surface area contributed by atoms with Gasteiger partial charge < -0.3 is 19.7 Å². The molecule has 8 heteroatoms. The molecule has 2 heterocycles. The highest BCUT2D eigenvalue weighted by atomic mass is 19.1. The summed E-state index contributed by atoms with van der Waals surface area (Å²) in [4.78, 5) is 20.2. The zero-order valence-corrected chi connectivity index (χ0v) is 15.4. The van der Waals surface area contributed by atoms with E-state index in [-0.39, 0.29) is 12.5 Å². The topological polar surface area (TPSA) is 66.9 Å². The zero-order chi connectivity index (χ0) is 19.2. The lowest BCUT2D eigenvalue weighted by molar-refractivity contribution is -0.117. The van der Waals surface area contributed by atoms with Crippen LogP contribution in [0.4, 0.5) is 15.8 Å². The molecule has 1 aromatic heterocycles. The third-order valence-electron chi connectivity index (χ3n) is 4.50. The van der Waals surface area contributed by atoms with Gasteiger partial charge in [-0.1, -0.05) is 0 Å². The van der Waals surface area contributed by atoms with E-state index in [9.17, 15) is 9.18 Å². The fourth-order valence-electron chi connectivity index (χ4n) is 3.06. The van der Waals surface area contributed by atoms with Crippen molar-refractivity contribution >= 4 is 17.3 Å². The number of hydrogen-bond acceptors (Lipinski definition) is 6. The normalized spacial score (nSPS) is 14.7. The van der Waals surface area contributed by atoms with Gasteiger partial charge in [0, 0.05) is 50.2 Å². The Morgan fingerprint density at radius 3 is 2.59 bits per heavy atom. The monoisotopic (exact) mass is 374 g/mol. The maximum atomic E-state index is 13.3. The van der Waals surface area contributed by atoms with Gasteiger partial charge in [0.25, 0.3) is 0 Å². The first-order valence-electron chi connectivity index (χ1n) is 8.70. The van der Waals surface area contributed by atoms with Crippen LogP contribution in [0.3, 0.4) is 0 Å². The Labute approximate surface area is 157 Å². The molecule has 7 nitrogen and oxygen atoms in total. The van der Waals surface area contributed by atoms with Gasteiger partial charge in [0.05, 0.1) is 26.5 Å². The average Bonchev–Trinajstić information content (AvgIpc) is 2.68. The Morgan fingerprint density at radius 1 is 1.15 bits per heavy atom. The van der Waals surface area contributed by atoms with Crippen molar-refractivity contribution in [3.05, 3.63) is 42.5 Å². The second kappa shape index (κ2) is 8.68. The lowest BCUT2D eigenvalue weighted by Crippen LogP contribution is -2.48. The number of pyridine rings is 1. The number of methoxy groups -OCH3 is 2. The molecule has 2 aromatic rings. The van der Waals surface area contributed by atoms with Crippen LogP contribution >= 0.6 is 0 Å². The molecule has 0 spiro atoms. The van der Waals surface area contributed by atoms with Crippen molar-refractivity contribution in [2.75, 3.05) is 57.2 Å². The number of nitrogens with zero attached hydrogens (tertiary/aromatic N) is 3. The number of nitrogens with one attached hydrogen (secondary N) is 1. The number of piperazine rings is 1. The number of aromatic nitrogens is 1. The van der Waals surface area contributed by atoms with Gasteiger partial charge in [0.2, 0.25) is 11.9 Å². The molecule has 0 radical (unpaired) electrons. The Morgan fingerprint density at radius 2 is 1.93 bits per heavy atom. The first kappa shape index (κ1) is 18.9. The van der Waals surface area contributed by atoms with E-state index in [1.54, 1.807) is 38.5 Å². The van der Waals surface area contributed by atoms with E-state index < -0.39 is 5.95 Å². The van der Waals surface area contributed by atoms with Gasteiger partial charge >= 0.3 is 0 Å². The third kappa shape index (κ3) is 4.85. The number of benzene rings is 1. The first-order chi connectivity index (χ1) is 13.1. The maximum Gasteiger partial charge on any atom is 0.238 e. The summed E-state index contributed by atoms with van der Waals surface area (Å²) in [7, 11) is 3.13. The second-order valence-corrected chi connectivity index (χ2v) is 6.21. The van der Waals surface area contributed by atoms with Crippen molar-refractivity contribution in [2.45, 2.75) is 0 Å². The predicted octanol–water partition coefficient (Wildman–Crippen LogP) is 2.00. The summed E-state index contributed by atoms with van der Waals surface area (Å²) < 4.78 is 23.7. The molecule has 1 aromatic carbocycles. The molecule has 1 amide bonds. The van der Waals surface area contributed by atoms with E-state index in [1.165, 1.54) is 12.3 Å². The molecular formula is C19H23FN4O3. The SMILES string of the molecule is COc1ccc(OC)c(NC(=O)CN2CCN(c3ccnc(F)c3)CC2)c1. The number of carbonyl (C=O) groups is 1. The lowest BCUT2D eigenvalue weighted by atomic mass is 10.2. The van der Waals surface area contributed by atoms with Gasteiger partial charge in [-0.15, -0.1) is 0 Å². The van der Waals surface area contributed by atoms with Crippen LogP contribution in [0, 0.1) is 5.95 Å². The van der Waals surface area contributed by atoms with Crippen molar-refractivity contribution in [3.8, 4) is 11.5 Å². The average molecular weight is 374 g/mol. The van der Waals surface area contributed by atoms with E-state index in [0.29, 0.717) is 30.3 Å². The minimum absolute atomic E-state index is 0.120. The van der Waals surface area contributed by atoms with Crippen LogP contribution in [0.5, 0.6) is 11.5 Å². The van der Waals surface area contributed by atoms with Crippen molar-refractivity contribution in [3.63, 3.8) is 0 Å². The minimum Gasteiger partial charge on any atom is -0.497 e. The second-order valence-electron chi connectivity index (χ2n) is 6.21. The molecule has 1 saturated heterocycles. The predicted molar refractivity (Wildman–Crippen MR) is 101 cm³/mol. The largest absolute Gasteiger partial charge is 0.497 e. The Kier molecular flexibility index (Phi) is 6.08. The summed E-state index contributed by atoms with van der Waals surface area (Å²) in [5, 5.41) is 2.88. The summed E-state index contributed by atoms with van der Waals surface area (Å²) in [6.45, 7) is 3.15. The summed E-state index contributed by atoms with van der Waals surface area (Å²) in [5.74, 6) is 0.615. The molecule has 1 aliphatic heterocycles. The highest BCUT2D eigenvalue weighted by Crippen LogP contribution is 2.28. The Bertz CT molecular complexity index is 794. The summed E-state index contributed by atoms with van der Waals surface area (Å²) >= 11 is 0. The van der Waals surface area contributed by atoms with Crippen molar-refractivity contribution in [1.82, 2.24) is 9.88 Å². The molecular weight excluding hydrogens is 351 g/mol. The number of anilines is 2. The van der Waals surface area contributed by atoms with Gasteiger partial charge in [-0.3, -0.25) is 9.69 Å². The quantitative estimate of drug-likeness (QED) is 0.780. The number of ether oxygens (including phenoxy) is 2. The molecule has 0 aliphatic carbocycles. The van der Waals surface area contributed by atoms with Crippen LogP contribution in [0.2, 0.25) is 0 Å². The summed E-state index contributed by atoms with van der Waals surface area (Å²) in [5.41, 5.74) is 1.39. The lowest BCUT2D eigenvalue weighted by Gasteiger charge is -2.35. The van der Waals surface area contributed by atoms with E-state index in [1.807, 2.05) is 0 Å². The molecule has 1 N–H and O–H groups in total. The van der Waals surface area contributed by atoms with Crippen LogP contribution in [0.15, 0.2) is 36.5 Å². The minimum atomic E-state index is -0.485. The summed E-state index contributed by atoms with van der Waals surface area (Å²) in [6.07, 6.45) is 1.46. The van der Waals surface area contributed by atoms with Crippen molar-refractivity contribution < 1.29 is 18.7 Å². The van der Waals surface area contributed by atoms with Crippen LogP contribution < -0.4 is 19.7 Å². The molecule has 0 bridgehead atoms. The summed E-state index contributed by atoms with van der Waals surface area (Å²) in [6, 6.07) is 8.47. The Hall–Kier alpha value is -2.87. The molecule has 27 heavy (non-hydrogen) atoms. The molecule has 0 unspecified atom stereocenters. The number of carbonyl (C=O) groups excluding carboxylic acids is 1. The van der Waals surface area contributed by atoms with E-state index in [2.05, 4.69) is 20.1 Å². The number of rotatable bonds is 6. The van der Waals surface area contributed by atoms with Gasteiger partial charge in [-0.2, -0.15) is 4.39 Å². The third-order valence-corrected chi connectivity index (χ3v) is 4.50. The molecule has 144 valence electrons. The van der Waals surface area contributed by atoms with Gasteiger partial charge in [0.15, 0.2) is 0 Å². The molecule has 1 aliphatic rings. The molecule has 3 rings (SSSR count). The molecule has 0 saturated carbocycles. The van der Waals surface area contributed by atoms with Crippen LogP contribution in [0.1, 0.15) is 0 Å². The first-order valence-corrected chi connectivity index (χ1v) is 8.70. The Balaban J connectivity index is 1.54. The maximum absolute atomic E-state index is 13.3. The fraction of sp³-hybridized carbons (Fsp3) is 0.368. The van der Waals surface area contributed by atoms with E-state index in [4.69, 9.17) is 9.47 Å². The van der Waals surface area contributed by atoms with E-state index >= 15 is 0 Å². The highest BCUT2D eigenvalue weighted by molar-refractivity contribution is 5.94. The van der Waals surface area contributed by atoms with Crippen LogP contribution in [0.25, 0.3) is 0 Å². The zero-order valence-electron chi connectivity index (χ0n) is 15.4. The van der Waals surface area contributed by atoms with Gasteiger partial charge in [-0.25, -0.2) is 4.98 Å². The van der Waals surface area contributed by atoms with E-state index in [0.717, 1.165) is 18.8 Å². The van der Waals surface area contributed by atoms with Crippen LogP contribution in [-0.2, 0) is 4.79 Å². The van der Waals surface area contributed by atoms with Gasteiger partial charge in [0.1, 0.15) is 11.5 Å². The highest BCUT2D eigenvalue weighted by Gasteiger charge is 2.20. The molecule has 1 fully saturated rings. The molecule has 0 atom stereocenters. The number of hydrogen-bond donors (Lipinski definition) is 1. The van der Waals surface area contributed by atoms with Crippen molar-refractivity contribution in [1.29, 1.82) is 0 Å². The van der Waals surface area contributed by atoms with Crippen LogP contribution in [-0.4, -0.2) is 62.7 Å². The standard InChI is InChI=1S/C19H23FN4O3/c1-26-15-3-4-17(27-2)16(12-15)22-19(25)13-23-7-9-24(10-8-23)14-5-6-21-18(20)11-14/h3-6,11-12H,7-10,13H2,1-2H3,(H,22,25). The van der Waals surface area contributed by atoms with Crippen molar-refractivity contribution in [2.24, 2.45) is 0 Å². The smallest absolute Gasteiger partial charge is 0.238 e. The number of amides is 1. The fourth-order valence-corrected chi connectivity index (χ4v) is 3.06.